The maximum absolute atomic E-state index is 9.64. The zero-order valence-electron chi connectivity index (χ0n) is 10.2. The Balaban J connectivity index is 1.69. The molecule has 0 fully saturated rings. The topological polar surface area (TPSA) is 38.7 Å². The van der Waals surface area contributed by atoms with Gasteiger partial charge in [-0.3, -0.25) is 0 Å². The first-order chi connectivity index (χ1) is 9.22. The molecule has 0 saturated heterocycles. The summed E-state index contributed by atoms with van der Waals surface area (Å²) in [7, 11) is 0. The predicted molar refractivity (Wildman–Crippen MR) is 80.4 cm³/mol. The van der Waals surface area contributed by atoms with Crippen molar-refractivity contribution in [2.75, 3.05) is 6.61 Å². The second-order valence-electron chi connectivity index (χ2n) is 4.44. The van der Waals surface area contributed by atoms with Crippen LogP contribution in [0.15, 0.2) is 42.5 Å². The lowest BCUT2D eigenvalue weighted by molar-refractivity contribution is 0.140. The monoisotopic (exact) mass is 368 g/mol. The molecule has 0 radical (unpaired) electrons. The van der Waals surface area contributed by atoms with E-state index in [2.05, 4.69) is 46.9 Å². The van der Waals surface area contributed by atoms with Crippen LogP contribution in [0.3, 0.4) is 0 Å². The number of rotatable bonds is 3. The molecule has 4 heteroatoms. The quantitative estimate of drug-likeness (QED) is 0.846. The Morgan fingerprint density at radius 2 is 2.00 bits per heavy atom. The van der Waals surface area contributed by atoms with E-state index >= 15 is 0 Å². The molecule has 0 bridgehead atoms. The fraction of sp³-hybridized carbons (Fsp3) is 0.200. The van der Waals surface area contributed by atoms with Gasteiger partial charge in [-0.05, 0) is 52.4 Å². The van der Waals surface area contributed by atoms with Crippen molar-refractivity contribution in [3.8, 4) is 11.5 Å². The highest BCUT2D eigenvalue weighted by Gasteiger charge is 2.21. The molecule has 0 aromatic heterocycles. The van der Waals surface area contributed by atoms with Gasteiger partial charge in [-0.15, -0.1) is 0 Å². The molecule has 0 aliphatic carbocycles. The van der Waals surface area contributed by atoms with Crippen molar-refractivity contribution < 1.29 is 14.6 Å². The maximum Gasteiger partial charge on any atom is 0.129 e. The minimum atomic E-state index is -0.514. The van der Waals surface area contributed by atoms with Gasteiger partial charge in [0.1, 0.15) is 30.8 Å². The lowest BCUT2D eigenvalue weighted by atomic mass is 10.1. The van der Waals surface area contributed by atoms with Crippen LogP contribution in [-0.2, 0) is 6.61 Å². The Morgan fingerprint density at radius 3 is 2.79 bits per heavy atom. The molecule has 1 unspecified atom stereocenters. The first-order valence-electron chi connectivity index (χ1n) is 6.04. The molecule has 1 N–H and O–H groups in total. The van der Waals surface area contributed by atoms with Crippen molar-refractivity contribution in [2.45, 2.75) is 12.7 Å². The smallest absolute Gasteiger partial charge is 0.129 e. The molecule has 3 nitrogen and oxygen atoms in total. The Morgan fingerprint density at radius 1 is 1.21 bits per heavy atom. The normalized spacial score (nSPS) is 16.8. The summed E-state index contributed by atoms with van der Waals surface area (Å²) in [6, 6.07) is 13.8. The number of ether oxygens (including phenoxy) is 2. The number of fused-ring (bicyclic) bond motifs is 1. The van der Waals surface area contributed by atoms with Crippen molar-refractivity contribution in [1.82, 2.24) is 0 Å². The number of aliphatic hydroxyl groups excluding tert-OH is 1. The Kier molecular flexibility index (Phi) is 3.61. The van der Waals surface area contributed by atoms with E-state index in [-0.39, 0.29) is 0 Å². The molecule has 2 aromatic carbocycles. The maximum atomic E-state index is 9.64. The van der Waals surface area contributed by atoms with Gasteiger partial charge in [-0.1, -0.05) is 12.1 Å². The van der Waals surface area contributed by atoms with E-state index in [1.54, 1.807) is 0 Å². The van der Waals surface area contributed by atoms with Crippen LogP contribution in [0, 0.1) is 3.57 Å². The molecule has 0 spiro atoms. The molecule has 1 heterocycles. The van der Waals surface area contributed by atoms with Crippen LogP contribution in [0.1, 0.15) is 17.2 Å². The molecule has 98 valence electrons. The summed E-state index contributed by atoms with van der Waals surface area (Å²) in [4.78, 5) is 0. The van der Waals surface area contributed by atoms with Crippen molar-refractivity contribution in [1.29, 1.82) is 0 Å². The molecule has 3 rings (SSSR count). The van der Waals surface area contributed by atoms with E-state index in [0.717, 1.165) is 16.9 Å². The van der Waals surface area contributed by atoms with Crippen LogP contribution in [0.25, 0.3) is 0 Å². The molecular formula is C15H13IO3. The van der Waals surface area contributed by atoms with E-state index in [9.17, 15) is 5.11 Å². The number of halogens is 1. The highest BCUT2D eigenvalue weighted by atomic mass is 127. The fourth-order valence-corrected chi connectivity index (χ4v) is 2.37. The van der Waals surface area contributed by atoms with Crippen LogP contribution < -0.4 is 9.47 Å². The van der Waals surface area contributed by atoms with Gasteiger partial charge < -0.3 is 14.6 Å². The molecular weight excluding hydrogens is 355 g/mol. The lowest BCUT2D eigenvalue weighted by Crippen LogP contribution is -1.97. The summed E-state index contributed by atoms with van der Waals surface area (Å²) < 4.78 is 12.3. The third-order valence-electron chi connectivity index (χ3n) is 3.06. The molecule has 1 aliphatic rings. The molecule has 19 heavy (non-hydrogen) atoms. The van der Waals surface area contributed by atoms with Crippen molar-refractivity contribution in [2.24, 2.45) is 0 Å². The lowest BCUT2D eigenvalue weighted by Gasteiger charge is -2.08. The Labute approximate surface area is 125 Å². The highest BCUT2D eigenvalue weighted by Crippen LogP contribution is 2.35. The van der Waals surface area contributed by atoms with Gasteiger partial charge >= 0.3 is 0 Å². The zero-order chi connectivity index (χ0) is 13.2. The van der Waals surface area contributed by atoms with E-state index in [4.69, 9.17) is 9.47 Å². The highest BCUT2D eigenvalue weighted by molar-refractivity contribution is 14.1. The average molecular weight is 368 g/mol. The summed E-state index contributed by atoms with van der Waals surface area (Å²) in [5.74, 6) is 1.47. The minimum absolute atomic E-state index is 0.329. The standard InChI is InChI=1S/C15H13IO3/c16-11-3-1-10(2-4-11)8-18-12-5-6-13-14(17)9-19-15(13)7-12/h1-7,14,17H,8-9H2. The van der Waals surface area contributed by atoms with Gasteiger partial charge in [0, 0.05) is 15.2 Å². The Bertz CT molecular complexity index is 580. The number of benzene rings is 2. The average Bonchev–Trinajstić information content (AvgIpc) is 2.79. The third kappa shape index (κ3) is 2.84. The van der Waals surface area contributed by atoms with Gasteiger partial charge in [0.05, 0.1) is 0 Å². The number of hydrogen-bond donors (Lipinski definition) is 1. The molecule has 1 atom stereocenters. The third-order valence-corrected chi connectivity index (χ3v) is 3.78. The predicted octanol–water partition coefficient (Wildman–Crippen LogP) is 3.30. The van der Waals surface area contributed by atoms with E-state index < -0.39 is 6.10 Å². The van der Waals surface area contributed by atoms with Gasteiger partial charge in [-0.2, -0.15) is 0 Å². The minimum Gasteiger partial charge on any atom is -0.490 e. The van der Waals surface area contributed by atoms with Crippen molar-refractivity contribution in [3.05, 3.63) is 57.2 Å². The number of hydrogen-bond acceptors (Lipinski definition) is 3. The van der Waals surface area contributed by atoms with E-state index in [1.807, 2.05) is 18.2 Å². The van der Waals surface area contributed by atoms with Crippen molar-refractivity contribution >= 4 is 22.6 Å². The first kappa shape index (κ1) is 12.7. The van der Waals surface area contributed by atoms with Gasteiger partial charge in [-0.25, -0.2) is 0 Å². The first-order valence-corrected chi connectivity index (χ1v) is 7.12. The Hall–Kier alpha value is -1.27. The summed E-state index contributed by atoms with van der Waals surface area (Å²) in [5.41, 5.74) is 1.96. The van der Waals surface area contributed by atoms with Crippen LogP contribution >= 0.6 is 22.6 Å². The van der Waals surface area contributed by atoms with Crippen LogP contribution in [0.2, 0.25) is 0 Å². The summed E-state index contributed by atoms with van der Waals surface area (Å²) in [6.45, 7) is 0.855. The van der Waals surface area contributed by atoms with Crippen LogP contribution in [0.4, 0.5) is 0 Å². The summed E-state index contributed by atoms with van der Waals surface area (Å²) in [6.07, 6.45) is -0.514. The number of aliphatic hydroxyl groups is 1. The molecule has 1 aliphatic heterocycles. The largest absolute Gasteiger partial charge is 0.490 e. The summed E-state index contributed by atoms with van der Waals surface area (Å²) >= 11 is 2.28. The van der Waals surface area contributed by atoms with Gasteiger partial charge in [0.2, 0.25) is 0 Å². The summed E-state index contributed by atoms with van der Waals surface area (Å²) in [5, 5.41) is 9.64. The molecule has 0 saturated carbocycles. The van der Waals surface area contributed by atoms with E-state index in [1.165, 1.54) is 3.57 Å². The second-order valence-corrected chi connectivity index (χ2v) is 5.69. The van der Waals surface area contributed by atoms with Gasteiger partial charge in [0.25, 0.3) is 0 Å². The second kappa shape index (κ2) is 5.38. The van der Waals surface area contributed by atoms with Crippen molar-refractivity contribution in [3.63, 3.8) is 0 Å². The van der Waals surface area contributed by atoms with E-state index in [0.29, 0.717) is 19.0 Å². The fourth-order valence-electron chi connectivity index (χ4n) is 2.01. The van der Waals surface area contributed by atoms with Crippen LogP contribution in [0.5, 0.6) is 11.5 Å². The van der Waals surface area contributed by atoms with Gasteiger partial charge in [0.15, 0.2) is 0 Å². The molecule has 2 aromatic rings. The zero-order valence-corrected chi connectivity index (χ0v) is 12.3. The SMILES string of the molecule is OC1COc2cc(OCc3ccc(I)cc3)ccc21. The molecule has 0 amide bonds. The van der Waals surface area contributed by atoms with Crippen LogP contribution in [-0.4, -0.2) is 11.7 Å².